The fourth-order valence-corrected chi connectivity index (χ4v) is 4.58. The fraction of sp³-hybridized carbons (Fsp3) is 0.346. The van der Waals surface area contributed by atoms with Crippen molar-refractivity contribution >= 4 is 11.5 Å². The Bertz CT molecular complexity index is 1290. The molecule has 0 N–H and O–H groups in total. The van der Waals surface area contributed by atoms with Gasteiger partial charge in [-0.15, -0.1) is 10.2 Å². The molecule has 2 aromatic heterocycles. The molecule has 1 saturated heterocycles. The Labute approximate surface area is 203 Å². The number of ether oxygens (including phenoxy) is 2. The molecular formula is C26H29FN6O2. The van der Waals surface area contributed by atoms with Crippen LogP contribution in [0.15, 0.2) is 60.9 Å². The molecule has 1 fully saturated rings. The van der Waals surface area contributed by atoms with Gasteiger partial charge in [0.05, 0.1) is 12.7 Å². The lowest BCUT2D eigenvalue weighted by Crippen LogP contribution is -2.49. The quantitative estimate of drug-likeness (QED) is 0.401. The molecule has 0 amide bonds. The summed E-state index contributed by atoms with van der Waals surface area (Å²) < 4.78 is 27.8. The third-order valence-corrected chi connectivity index (χ3v) is 6.42. The van der Waals surface area contributed by atoms with Crippen molar-refractivity contribution in [3.05, 3.63) is 66.5 Å². The van der Waals surface area contributed by atoms with E-state index in [9.17, 15) is 4.39 Å². The van der Waals surface area contributed by atoms with Crippen LogP contribution in [0.2, 0.25) is 0 Å². The maximum atomic E-state index is 14.3. The number of piperidine rings is 1. The van der Waals surface area contributed by atoms with E-state index < -0.39 is 6.17 Å². The summed E-state index contributed by atoms with van der Waals surface area (Å²) in [5, 5.41) is 9.12. The Kier molecular flexibility index (Phi) is 6.50. The highest BCUT2D eigenvalue weighted by molar-refractivity contribution is 5.72. The van der Waals surface area contributed by atoms with Crippen LogP contribution in [0.4, 0.5) is 10.2 Å². The fourth-order valence-electron chi connectivity index (χ4n) is 4.58. The lowest BCUT2D eigenvalue weighted by molar-refractivity contribution is 0.145. The number of nitrogens with zero attached hydrogens (tertiary/aromatic N) is 6. The van der Waals surface area contributed by atoms with Gasteiger partial charge in [-0.1, -0.05) is 30.3 Å². The highest BCUT2D eigenvalue weighted by Crippen LogP contribution is 2.34. The minimum atomic E-state index is -0.868. The van der Waals surface area contributed by atoms with Gasteiger partial charge in [0, 0.05) is 51.1 Å². The van der Waals surface area contributed by atoms with E-state index in [-0.39, 0.29) is 6.04 Å². The minimum absolute atomic E-state index is 0.0184. The minimum Gasteiger partial charge on any atom is -0.497 e. The van der Waals surface area contributed by atoms with Crippen molar-refractivity contribution < 1.29 is 13.9 Å². The zero-order chi connectivity index (χ0) is 24.4. The second kappa shape index (κ2) is 9.87. The molecular weight excluding hydrogens is 447 g/mol. The summed E-state index contributed by atoms with van der Waals surface area (Å²) in [6.07, 6.45) is 3.16. The number of hydrogen-bond acceptors (Lipinski definition) is 7. The number of methoxy groups -OCH3 is 1. The van der Waals surface area contributed by atoms with Gasteiger partial charge in [-0.25, -0.2) is 9.37 Å². The normalized spacial score (nSPS) is 18.5. The first kappa shape index (κ1) is 23.0. The molecule has 0 bridgehead atoms. The van der Waals surface area contributed by atoms with Crippen LogP contribution in [0, 0.1) is 0 Å². The second-order valence-corrected chi connectivity index (χ2v) is 8.92. The molecule has 8 nitrogen and oxygen atoms in total. The Morgan fingerprint density at radius 1 is 1.11 bits per heavy atom. The molecule has 9 heteroatoms. The summed E-state index contributed by atoms with van der Waals surface area (Å²) in [5.74, 6) is 2.54. The van der Waals surface area contributed by atoms with Crippen molar-refractivity contribution in [1.82, 2.24) is 24.5 Å². The summed E-state index contributed by atoms with van der Waals surface area (Å²) >= 11 is 0. The molecule has 1 aliphatic heterocycles. The van der Waals surface area contributed by atoms with Crippen LogP contribution in [0.25, 0.3) is 17.0 Å². The maximum absolute atomic E-state index is 14.3. The maximum Gasteiger partial charge on any atom is 0.195 e. The molecule has 4 aromatic rings. The number of imidazole rings is 1. The first-order valence-corrected chi connectivity index (χ1v) is 11.6. The van der Waals surface area contributed by atoms with Crippen molar-refractivity contribution in [2.24, 2.45) is 0 Å². The van der Waals surface area contributed by atoms with Crippen molar-refractivity contribution in [3.63, 3.8) is 0 Å². The molecule has 1 aliphatic rings. The number of halogens is 1. The number of rotatable bonds is 7. The number of anilines is 1. The zero-order valence-electron chi connectivity index (χ0n) is 20.1. The SMILES string of the molecule is COc1ccc(-c2nnc(N(C)C3C[C@@H](F)CN(C)C3)c3nccn23)c(OCc2ccccc2)c1. The average Bonchev–Trinajstić information content (AvgIpc) is 3.37. The Hall–Kier alpha value is -3.72. The largest absolute Gasteiger partial charge is 0.497 e. The van der Waals surface area contributed by atoms with Crippen LogP contribution >= 0.6 is 0 Å². The molecule has 182 valence electrons. The van der Waals surface area contributed by atoms with E-state index >= 15 is 0 Å². The Balaban J connectivity index is 1.50. The lowest BCUT2D eigenvalue weighted by atomic mass is 10.0. The molecule has 0 radical (unpaired) electrons. The Morgan fingerprint density at radius 2 is 1.94 bits per heavy atom. The van der Waals surface area contributed by atoms with Crippen LogP contribution < -0.4 is 14.4 Å². The second-order valence-electron chi connectivity index (χ2n) is 8.92. The summed E-state index contributed by atoms with van der Waals surface area (Å²) in [4.78, 5) is 8.56. The van der Waals surface area contributed by atoms with E-state index in [4.69, 9.17) is 9.47 Å². The lowest BCUT2D eigenvalue weighted by Gasteiger charge is -2.37. The number of hydrogen-bond donors (Lipinski definition) is 0. The van der Waals surface area contributed by atoms with Crippen LogP contribution in [-0.4, -0.2) is 71.0 Å². The van der Waals surface area contributed by atoms with E-state index in [1.54, 1.807) is 13.3 Å². The third-order valence-electron chi connectivity index (χ3n) is 6.42. The molecule has 2 aromatic carbocycles. The van der Waals surface area contributed by atoms with Gasteiger partial charge < -0.3 is 19.3 Å². The van der Waals surface area contributed by atoms with Crippen LogP contribution in [0.5, 0.6) is 11.5 Å². The van der Waals surface area contributed by atoms with Gasteiger partial charge in [0.25, 0.3) is 0 Å². The van der Waals surface area contributed by atoms with Crippen molar-refractivity contribution in [2.45, 2.75) is 25.2 Å². The van der Waals surface area contributed by atoms with Crippen molar-refractivity contribution in [1.29, 1.82) is 0 Å². The van der Waals surface area contributed by atoms with Gasteiger partial charge in [-0.2, -0.15) is 0 Å². The van der Waals surface area contributed by atoms with Crippen molar-refractivity contribution in [3.8, 4) is 22.9 Å². The molecule has 3 heterocycles. The zero-order valence-corrected chi connectivity index (χ0v) is 20.1. The van der Waals surface area contributed by atoms with Crippen molar-refractivity contribution in [2.75, 3.05) is 39.2 Å². The third kappa shape index (κ3) is 4.77. The summed E-state index contributed by atoms with van der Waals surface area (Å²) in [7, 11) is 5.49. The van der Waals surface area contributed by atoms with E-state index in [1.165, 1.54) is 0 Å². The number of likely N-dealkylation sites (tertiary alicyclic amines) is 1. The topological polar surface area (TPSA) is 68.0 Å². The number of aromatic nitrogens is 4. The van der Waals surface area contributed by atoms with Gasteiger partial charge in [0.1, 0.15) is 24.3 Å². The molecule has 0 aliphatic carbocycles. The van der Waals surface area contributed by atoms with Crippen LogP contribution in [0.3, 0.4) is 0 Å². The first-order valence-electron chi connectivity index (χ1n) is 11.6. The molecule has 35 heavy (non-hydrogen) atoms. The van der Waals surface area contributed by atoms with Gasteiger partial charge >= 0.3 is 0 Å². The number of benzene rings is 2. The van der Waals surface area contributed by atoms with Crippen LogP contribution in [0.1, 0.15) is 12.0 Å². The standard InChI is InChI=1S/C26H29FN6O2/c1-31-15-19(27)13-20(16-31)32(2)26-25-28-11-12-33(25)24(29-30-26)22-10-9-21(34-3)14-23(22)35-17-18-7-5-4-6-8-18/h4-12,14,19-20H,13,15-17H2,1-3H3/t19-,20?/m1/s1. The van der Waals surface area contributed by atoms with Crippen LogP contribution in [-0.2, 0) is 6.61 Å². The highest BCUT2D eigenvalue weighted by Gasteiger charge is 2.30. The molecule has 0 saturated carbocycles. The summed E-state index contributed by atoms with van der Waals surface area (Å²) in [6.45, 7) is 1.61. The highest BCUT2D eigenvalue weighted by atomic mass is 19.1. The monoisotopic (exact) mass is 476 g/mol. The molecule has 2 atom stereocenters. The smallest absolute Gasteiger partial charge is 0.195 e. The van der Waals surface area contributed by atoms with Gasteiger partial charge in [0.15, 0.2) is 17.3 Å². The Morgan fingerprint density at radius 3 is 2.71 bits per heavy atom. The number of fused-ring (bicyclic) bond motifs is 1. The van der Waals surface area contributed by atoms with E-state index in [0.717, 1.165) is 17.7 Å². The number of likely N-dealkylation sites (N-methyl/N-ethyl adjacent to an activating group) is 2. The molecule has 5 rings (SSSR count). The summed E-state index contributed by atoms with van der Waals surface area (Å²) in [6, 6.07) is 15.6. The average molecular weight is 477 g/mol. The van der Waals surface area contributed by atoms with E-state index in [1.807, 2.05) is 83.0 Å². The molecule has 1 unspecified atom stereocenters. The first-order chi connectivity index (χ1) is 17.0. The summed E-state index contributed by atoms with van der Waals surface area (Å²) in [5.41, 5.74) is 2.49. The predicted molar refractivity (Wildman–Crippen MR) is 133 cm³/mol. The van der Waals surface area contributed by atoms with E-state index in [2.05, 4.69) is 15.2 Å². The van der Waals surface area contributed by atoms with Gasteiger partial charge in [-0.3, -0.25) is 4.40 Å². The van der Waals surface area contributed by atoms with E-state index in [0.29, 0.717) is 48.4 Å². The van der Waals surface area contributed by atoms with Gasteiger partial charge in [0.2, 0.25) is 0 Å². The number of alkyl halides is 1. The molecule has 0 spiro atoms. The predicted octanol–water partition coefficient (Wildman–Crippen LogP) is 3.86. The van der Waals surface area contributed by atoms with Gasteiger partial charge in [-0.05, 0) is 24.7 Å².